The Bertz CT molecular complexity index is 1860. The number of fused-ring (bicyclic) bond motifs is 1. The summed E-state index contributed by atoms with van der Waals surface area (Å²) in [6.07, 6.45) is 6.16. The molecule has 2 aromatic carbocycles. The molecule has 5 rings (SSSR count). The highest BCUT2D eigenvalue weighted by molar-refractivity contribution is 6.31. The average molecular weight is 589 g/mol. The van der Waals surface area contributed by atoms with Crippen LogP contribution >= 0.6 is 11.6 Å². The smallest absolute Gasteiger partial charge is 0.262 e. The van der Waals surface area contributed by atoms with Crippen molar-refractivity contribution < 1.29 is 23.4 Å². The fraction of sp³-hybridized carbons (Fsp3) is 0.161. The monoisotopic (exact) mass is 588 g/mol. The molecule has 0 atom stereocenters. The Labute approximate surface area is 245 Å². The van der Waals surface area contributed by atoms with Crippen molar-refractivity contribution in [3.05, 3.63) is 99.9 Å². The van der Waals surface area contributed by atoms with E-state index in [1.165, 1.54) is 30.6 Å². The van der Waals surface area contributed by atoms with E-state index in [1.54, 1.807) is 61.5 Å². The number of anilines is 1. The normalized spacial score (nSPS) is 11.0. The van der Waals surface area contributed by atoms with Gasteiger partial charge in [0, 0.05) is 41.6 Å². The summed E-state index contributed by atoms with van der Waals surface area (Å²) in [4.78, 5) is 35.2. The molecular weight excluding hydrogens is 563 g/mol. The molecule has 9 nitrogen and oxygen atoms in total. The maximum atomic E-state index is 13.7. The van der Waals surface area contributed by atoms with Crippen LogP contribution in [0.5, 0.6) is 23.0 Å². The number of methoxy groups -OCH3 is 2. The SMILES string of the molecule is COc1cc2nccc(Oc3ccc(NC(=O)c4cn(C(C)C)cc(-c5ccc(F)c(Cl)c5)c4=O)nc3)c2cc1OC. The van der Waals surface area contributed by atoms with Crippen molar-refractivity contribution in [1.82, 2.24) is 14.5 Å². The fourth-order valence-electron chi connectivity index (χ4n) is 4.29. The first kappa shape index (κ1) is 28.6. The van der Waals surface area contributed by atoms with Gasteiger partial charge in [0.25, 0.3) is 5.91 Å². The highest BCUT2D eigenvalue weighted by Crippen LogP contribution is 2.36. The predicted octanol–water partition coefficient (Wildman–Crippen LogP) is 6.89. The molecule has 0 unspecified atom stereocenters. The number of aromatic nitrogens is 3. The molecule has 42 heavy (non-hydrogen) atoms. The van der Waals surface area contributed by atoms with Crippen LogP contribution in [0.2, 0.25) is 5.02 Å². The van der Waals surface area contributed by atoms with E-state index in [1.807, 2.05) is 13.8 Å². The van der Waals surface area contributed by atoms with Crippen molar-refractivity contribution in [2.24, 2.45) is 0 Å². The van der Waals surface area contributed by atoms with Gasteiger partial charge in [0.15, 0.2) is 11.5 Å². The van der Waals surface area contributed by atoms with Gasteiger partial charge in [0.2, 0.25) is 5.43 Å². The second-order valence-electron chi connectivity index (χ2n) is 9.55. The summed E-state index contributed by atoms with van der Waals surface area (Å²) in [7, 11) is 3.10. The van der Waals surface area contributed by atoms with E-state index in [-0.39, 0.29) is 28.0 Å². The van der Waals surface area contributed by atoms with Gasteiger partial charge in [-0.1, -0.05) is 17.7 Å². The van der Waals surface area contributed by atoms with Crippen LogP contribution in [0.1, 0.15) is 30.2 Å². The Morgan fingerprint density at radius 2 is 1.74 bits per heavy atom. The molecule has 3 heterocycles. The number of hydrogen-bond donors (Lipinski definition) is 1. The van der Waals surface area contributed by atoms with Crippen molar-refractivity contribution in [2.45, 2.75) is 19.9 Å². The second kappa shape index (κ2) is 11.9. The van der Waals surface area contributed by atoms with Gasteiger partial charge in [-0.3, -0.25) is 14.6 Å². The summed E-state index contributed by atoms with van der Waals surface area (Å²) in [5, 5.41) is 3.25. The van der Waals surface area contributed by atoms with E-state index in [2.05, 4.69) is 15.3 Å². The highest BCUT2D eigenvalue weighted by Gasteiger charge is 2.19. The Hall–Kier alpha value is -4.96. The van der Waals surface area contributed by atoms with Gasteiger partial charge >= 0.3 is 0 Å². The number of pyridine rings is 3. The van der Waals surface area contributed by atoms with E-state index in [4.69, 9.17) is 25.8 Å². The first-order valence-electron chi connectivity index (χ1n) is 12.9. The molecule has 5 aromatic rings. The van der Waals surface area contributed by atoms with Crippen LogP contribution in [-0.2, 0) is 0 Å². The third-order valence-corrected chi connectivity index (χ3v) is 6.82. The van der Waals surface area contributed by atoms with Crippen LogP contribution in [0, 0.1) is 5.82 Å². The summed E-state index contributed by atoms with van der Waals surface area (Å²) in [5.41, 5.74) is 0.641. The molecule has 1 amide bonds. The largest absolute Gasteiger partial charge is 0.493 e. The number of amides is 1. The van der Waals surface area contributed by atoms with Crippen molar-refractivity contribution in [3.8, 4) is 34.1 Å². The average Bonchev–Trinajstić information content (AvgIpc) is 2.99. The standard InChI is InChI=1S/C31H26ClFN4O5/c1-17(2)37-15-21(18-5-7-24(33)23(32)11-18)30(38)22(16-37)31(39)36-29-8-6-19(14-35-29)42-26-9-10-34-25-13-28(41-4)27(40-3)12-20(25)26/h5-17H,1-4H3,(H,35,36,39). The minimum atomic E-state index is -0.646. The summed E-state index contributed by atoms with van der Waals surface area (Å²) >= 11 is 5.95. The summed E-state index contributed by atoms with van der Waals surface area (Å²) in [5.74, 6) is 0.967. The molecule has 0 saturated carbocycles. The molecular formula is C31H26ClFN4O5. The molecule has 3 aromatic heterocycles. The van der Waals surface area contributed by atoms with Crippen LogP contribution in [-0.4, -0.2) is 34.7 Å². The lowest BCUT2D eigenvalue weighted by molar-refractivity contribution is 0.102. The maximum absolute atomic E-state index is 13.7. The first-order valence-corrected chi connectivity index (χ1v) is 13.2. The van der Waals surface area contributed by atoms with E-state index in [0.717, 1.165) is 0 Å². The number of benzene rings is 2. The van der Waals surface area contributed by atoms with Gasteiger partial charge in [0.1, 0.15) is 28.7 Å². The Balaban J connectivity index is 1.40. The van der Waals surface area contributed by atoms with Crippen LogP contribution < -0.4 is 25.0 Å². The summed E-state index contributed by atoms with van der Waals surface area (Å²) in [6, 6.07) is 12.4. The third kappa shape index (κ3) is 5.75. The highest BCUT2D eigenvalue weighted by atomic mass is 35.5. The summed E-state index contributed by atoms with van der Waals surface area (Å²) < 4.78 is 32.3. The zero-order chi connectivity index (χ0) is 30.0. The quantitative estimate of drug-likeness (QED) is 0.210. The Morgan fingerprint density at radius 3 is 2.40 bits per heavy atom. The van der Waals surface area contributed by atoms with Gasteiger partial charge in [-0.15, -0.1) is 0 Å². The minimum absolute atomic E-state index is 0.0632. The maximum Gasteiger partial charge on any atom is 0.262 e. The molecule has 0 saturated heterocycles. The lowest BCUT2D eigenvalue weighted by Gasteiger charge is -2.15. The van der Waals surface area contributed by atoms with Gasteiger partial charge in [-0.25, -0.2) is 9.37 Å². The van der Waals surface area contributed by atoms with E-state index >= 15 is 0 Å². The van der Waals surface area contributed by atoms with Gasteiger partial charge in [-0.05, 0) is 55.8 Å². The van der Waals surface area contributed by atoms with Crippen molar-refractivity contribution in [2.75, 3.05) is 19.5 Å². The zero-order valence-electron chi connectivity index (χ0n) is 23.1. The summed E-state index contributed by atoms with van der Waals surface area (Å²) in [6.45, 7) is 3.82. The number of carbonyl (C=O) groups excluding carboxylic acids is 1. The first-order chi connectivity index (χ1) is 20.2. The molecule has 0 bridgehead atoms. The topological polar surface area (TPSA) is 105 Å². The fourth-order valence-corrected chi connectivity index (χ4v) is 4.47. The van der Waals surface area contributed by atoms with Crippen LogP contribution in [0.3, 0.4) is 0 Å². The van der Waals surface area contributed by atoms with Gasteiger partial charge < -0.3 is 24.1 Å². The molecule has 0 spiro atoms. The molecule has 11 heteroatoms. The molecule has 0 aliphatic rings. The van der Waals surface area contributed by atoms with Crippen molar-refractivity contribution in [1.29, 1.82) is 0 Å². The van der Waals surface area contributed by atoms with Crippen LogP contribution in [0.15, 0.2) is 78.1 Å². The van der Waals surface area contributed by atoms with Gasteiger partial charge in [0.05, 0.1) is 31.0 Å². The second-order valence-corrected chi connectivity index (χ2v) is 9.96. The number of hydrogen-bond acceptors (Lipinski definition) is 7. The number of nitrogens with zero attached hydrogens (tertiary/aromatic N) is 3. The number of halogens is 2. The number of nitrogens with one attached hydrogen (secondary N) is 1. The molecule has 0 radical (unpaired) electrons. The number of carbonyl (C=O) groups is 1. The van der Waals surface area contributed by atoms with Crippen molar-refractivity contribution in [3.63, 3.8) is 0 Å². The molecule has 0 aliphatic carbocycles. The molecule has 1 N–H and O–H groups in total. The van der Waals surface area contributed by atoms with Crippen molar-refractivity contribution >= 4 is 34.2 Å². The molecule has 0 fully saturated rings. The number of ether oxygens (including phenoxy) is 3. The van der Waals surface area contributed by atoms with Crippen LogP contribution in [0.25, 0.3) is 22.0 Å². The Morgan fingerprint density at radius 1 is 0.976 bits per heavy atom. The van der Waals surface area contributed by atoms with E-state index in [9.17, 15) is 14.0 Å². The van der Waals surface area contributed by atoms with E-state index in [0.29, 0.717) is 39.5 Å². The van der Waals surface area contributed by atoms with Crippen LogP contribution in [0.4, 0.5) is 10.2 Å². The predicted molar refractivity (Wildman–Crippen MR) is 159 cm³/mol. The minimum Gasteiger partial charge on any atom is -0.493 e. The lowest BCUT2D eigenvalue weighted by Crippen LogP contribution is -2.25. The van der Waals surface area contributed by atoms with Gasteiger partial charge in [-0.2, -0.15) is 0 Å². The third-order valence-electron chi connectivity index (χ3n) is 6.53. The number of rotatable bonds is 8. The lowest BCUT2D eigenvalue weighted by atomic mass is 10.0. The van der Waals surface area contributed by atoms with E-state index < -0.39 is 17.2 Å². The molecule has 0 aliphatic heterocycles. The Kier molecular flexibility index (Phi) is 8.08. The zero-order valence-corrected chi connectivity index (χ0v) is 23.9. The molecule has 214 valence electrons.